The van der Waals surface area contributed by atoms with Crippen LogP contribution >= 0.6 is 11.3 Å². The van der Waals surface area contributed by atoms with Gasteiger partial charge in [0.25, 0.3) is 6.71 Å². The van der Waals surface area contributed by atoms with Gasteiger partial charge in [-0.25, -0.2) is 0 Å². The highest BCUT2D eigenvalue weighted by atomic mass is 32.1. The molecule has 36 heavy (non-hydrogen) atoms. The van der Waals surface area contributed by atoms with E-state index in [0.717, 1.165) is 12.8 Å². The lowest BCUT2D eigenvalue weighted by Crippen LogP contribution is -2.61. The Kier molecular flexibility index (Phi) is 5.04. The van der Waals surface area contributed by atoms with Gasteiger partial charge in [0, 0.05) is 33.2 Å². The molecule has 3 heterocycles. The fourth-order valence-corrected chi connectivity index (χ4v) is 7.34. The summed E-state index contributed by atoms with van der Waals surface area (Å²) in [6.45, 7) is 4.49. The van der Waals surface area contributed by atoms with Crippen LogP contribution in [0.4, 0.5) is 22.1 Å². The first-order valence-corrected chi connectivity index (χ1v) is 13.6. The molecular formula is C32H27BN2S. The average molecular weight is 482 g/mol. The maximum atomic E-state index is 2.53. The van der Waals surface area contributed by atoms with Gasteiger partial charge in [0.2, 0.25) is 0 Å². The predicted octanol–water partition coefficient (Wildman–Crippen LogP) is 7.03. The molecule has 0 fully saturated rings. The zero-order chi connectivity index (χ0) is 24.2. The van der Waals surface area contributed by atoms with Crippen molar-refractivity contribution in [1.82, 2.24) is 0 Å². The summed E-state index contributed by atoms with van der Waals surface area (Å²) in [5.74, 6) is 0. The molecule has 0 bridgehead atoms. The van der Waals surface area contributed by atoms with E-state index < -0.39 is 0 Å². The van der Waals surface area contributed by atoms with Crippen molar-refractivity contribution in [3.8, 4) is 0 Å². The number of rotatable bonds is 3. The summed E-state index contributed by atoms with van der Waals surface area (Å²) in [7, 11) is 0. The third kappa shape index (κ3) is 3.04. The molecule has 3 aromatic carbocycles. The molecule has 0 atom stereocenters. The van der Waals surface area contributed by atoms with Crippen molar-refractivity contribution >= 4 is 66.6 Å². The molecule has 174 valence electrons. The van der Waals surface area contributed by atoms with Crippen LogP contribution in [0.3, 0.4) is 0 Å². The maximum absolute atomic E-state index is 2.53. The molecule has 0 saturated carbocycles. The Morgan fingerprint density at radius 1 is 0.889 bits per heavy atom. The normalized spacial score (nSPS) is 16.3. The molecule has 1 aliphatic carbocycles. The fraction of sp³-hybridized carbons (Fsp3) is 0.125. The molecule has 3 aliphatic rings. The zero-order valence-corrected chi connectivity index (χ0v) is 21.4. The van der Waals surface area contributed by atoms with E-state index >= 15 is 0 Å². The van der Waals surface area contributed by atoms with E-state index in [9.17, 15) is 0 Å². The third-order valence-electron chi connectivity index (χ3n) is 7.54. The molecular weight excluding hydrogens is 455 g/mol. The second-order valence-corrected chi connectivity index (χ2v) is 10.7. The topological polar surface area (TPSA) is 6.48 Å². The molecule has 0 amide bonds. The van der Waals surface area contributed by atoms with E-state index in [-0.39, 0.29) is 6.71 Å². The first-order chi connectivity index (χ1) is 17.8. The average Bonchev–Trinajstić information content (AvgIpc) is 3.31. The summed E-state index contributed by atoms with van der Waals surface area (Å²) >= 11 is 1.92. The standard InChI is InChI=1S/C32H27BN2S/c1-3-4-13-22(2)34-26-18-10-9-17-25(26)33-30-24-16-8-11-21-29(24)36-32(30)35(23-14-6-5-7-15-23)28-20-12-19-27(34)31(28)33/h3-4,6,8-21H,5,7H2,1-2H3/b4-3-,22-13+. The van der Waals surface area contributed by atoms with Gasteiger partial charge in [0.05, 0.1) is 5.00 Å². The molecule has 0 radical (unpaired) electrons. The number of hydrogen-bond donors (Lipinski definition) is 0. The van der Waals surface area contributed by atoms with Gasteiger partial charge in [-0.05, 0) is 84.9 Å². The number of hydrogen-bond acceptors (Lipinski definition) is 3. The summed E-state index contributed by atoms with van der Waals surface area (Å²) < 4.78 is 1.35. The Morgan fingerprint density at radius 2 is 1.69 bits per heavy atom. The molecule has 1 aromatic heterocycles. The lowest BCUT2D eigenvalue weighted by atomic mass is 9.33. The third-order valence-corrected chi connectivity index (χ3v) is 8.71. The van der Waals surface area contributed by atoms with Crippen LogP contribution in [0.1, 0.15) is 26.7 Å². The summed E-state index contributed by atoms with van der Waals surface area (Å²) in [5, 5.41) is 2.73. The van der Waals surface area contributed by atoms with Gasteiger partial charge < -0.3 is 9.80 Å². The second-order valence-electron chi connectivity index (χ2n) is 9.63. The van der Waals surface area contributed by atoms with Crippen molar-refractivity contribution in [2.45, 2.75) is 26.7 Å². The van der Waals surface area contributed by atoms with Crippen LogP contribution < -0.4 is 26.2 Å². The number of fused-ring (bicyclic) bond motifs is 6. The second kappa shape index (κ2) is 8.42. The molecule has 0 N–H and O–H groups in total. The van der Waals surface area contributed by atoms with Gasteiger partial charge in [0.15, 0.2) is 0 Å². The van der Waals surface area contributed by atoms with E-state index in [1.54, 1.807) is 0 Å². The van der Waals surface area contributed by atoms with E-state index in [1.807, 2.05) is 11.3 Å². The van der Waals surface area contributed by atoms with Crippen molar-refractivity contribution in [3.63, 3.8) is 0 Å². The van der Waals surface area contributed by atoms with Gasteiger partial charge in [-0.3, -0.25) is 0 Å². The minimum atomic E-state index is 0.203. The first-order valence-electron chi connectivity index (χ1n) is 12.8. The molecule has 2 nitrogen and oxygen atoms in total. The molecule has 4 aromatic rings. The highest BCUT2D eigenvalue weighted by molar-refractivity contribution is 7.26. The zero-order valence-electron chi connectivity index (χ0n) is 20.6. The summed E-state index contributed by atoms with van der Waals surface area (Å²) in [6, 6.07) is 24.8. The van der Waals surface area contributed by atoms with Gasteiger partial charge in [-0.1, -0.05) is 66.8 Å². The van der Waals surface area contributed by atoms with E-state index in [4.69, 9.17) is 0 Å². The molecule has 2 aliphatic heterocycles. The molecule has 0 unspecified atom stereocenters. The largest absolute Gasteiger partial charge is 0.315 e. The minimum Gasteiger partial charge on any atom is -0.315 e. The Balaban J connectivity index is 1.59. The Bertz CT molecular complexity index is 1640. The number of para-hydroxylation sites is 1. The SMILES string of the molecule is C/C=C\C=C(/C)N1c2ccccc2B2c3c(cccc31)N(C1=CCCC=C1)c1sc3ccccc3c12. The van der Waals surface area contributed by atoms with E-state index in [0.29, 0.717) is 0 Å². The van der Waals surface area contributed by atoms with Crippen molar-refractivity contribution < 1.29 is 0 Å². The molecule has 0 spiro atoms. The van der Waals surface area contributed by atoms with E-state index in [2.05, 4.69) is 127 Å². The summed E-state index contributed by atoms with van der Waals surface area (Å²) in [4.78, 5) is 4.98. The quantitative estimate of drug-likeness (QED) is 0.228. The number of anilines is 4. The summed E-state index contributed by atoms with van der Waals surface area (Å²) in [5.41, 5.74) is 10.6. The predicted molar refractivity (Wildman–Crippen MR) is 159 cm³/mol. The fourth-order valence-electron chi connectivity index (χ4n) is 6.07. The number of nitrogens with zero attached hydrogens (tertiary/aromatic N) is 2. The molecule has 0 saturated heterocycles. The lowest BCUT2D eigenvalue weighted by molar-refractivity contribution is 1.000. The van der Waals surface area contributed by atoms with Crippen LogP contribution in [0, 0.1) is 0 Å². The number of benzene rings is 3. The van der Waals surface area contributed by atoms with Crippen molar-refractivity contribution in [2.24, 2.45) is 0 Å². The summed E-state index contributed by atoms with van der Waals surface area (Å²) in [6.07, 6.45) is 15.7. The smallest absolute Gasteiger partial charge is 0.254 e. The van der Waals surface area contributed by atoms with Crippen molar-refractivity contribution in [1.29, 1.82) is 0 Å². The van der Waals surface area contributed by atoms with Gasteiger partial charge in [0.1, 0.15) is 0 Å². The molecule has 7 rings (SSSR count). The van der Waals surface area contributed by atoms with Crippen molar-refractivity contribution in [3.05, 3.63) is 115 Å². The van der Waals surface area contributed by atoms with Gasteiger partial charge in [-0.2, -0.15) is 0 Å². The Hall–Kier alpha value is -3.76. The maximum Gasteiger partial charge on any atom is 0.254 e. The van der Waals surface area contributed by atoms with Gasteiger partial charge in [-0.15, -0.1) is 11.3 Å². The Morgan fingerprint density at radius 3 is 2.56 bits per heavy atom. The minimum absolute atomic E-state index is 0.203. The monoisotopic (exact) mass is 482 g/mol. The van der Waals surface area contributed by atoms with Gasteiger partial charge >= 0.3 is 0 Å². The highest BCUT2D eigenvalue weighted by Crippen LogP contribution is 2.45. The lowest BCUT2D eigenvalue weighted by Gasteiger charge is -2.43. The van der Waals surface area contributed by atoms with Crippen LogP contribution in [0.2, 0.25) is 0 Å². The van der Waals surface area contributed by atoms with E-state index in [1.165, 1.54) is 59.9 Å². The van der Waals surface area contributed by atoms with Crippen LogP contribution in [0.15, 0.2) is 115 Å². The highest BCUT2D eigenvalue weighted by Gasteiger charge is 2.44. The number of thiophene rings is 1. The number of allylic oxidation sites excluding steroid dienone is 7. The Labute approximate surface area is 217 Å². The molecule has 4 heteroatoms. The van der Waals surface area contributed by atoms with Crippen LogP contribution in [-0.2, 0) is 0 Å². The van der Waals surface area contributed by atoms with Crippen molar-refractivity contribution in [2.75, 3.05) is 9.80 Å². The van der Waals surface area contributed by atoms with Crippen LogP contribution in [-0.4, -0.2) is 6.71 Å². The van der Waals surface area contributed by atoms with Crippen LogP contribution in [0.5, 0.6) is 0 Å². The first kappa shape index (κ1) is 21.5. The van der Waals surface area contributed by atoms with Crippen LogP contribution in [0.25, 0.3) is 10.1 Å².